The summed E-state index contributed by atoms with van der Waals surface area (Å²) >= 11 is 6.01. The molecule has 0 unspecified atom stereocenters. The summed E-state index contributed by atoms with van der Waals surface area (Å²) in [6.07, 6.45) is -0.544. The maximum Gasteiger partial charge on any atom is 0.433 e. The van der Waals surface area contributed by atoms with Crippen LogP contribution >= 0.6 is 24.0 Å². The predicted molar refractivity (Wildman–Crippen MR) is 121 cm³/mol. The van der Waals surface area contributed by atoms with Crippen LogP contribution in [0.25, 0.3) is 0 Å². The fraction of sp³-hybridized carbons (Fsp3) is 0.545. The van der Waals surface area contributed by atoms with Crippen molar-refractivity contribution in [1.29, 1.82) is 0 Å². The second-order valence-corrected chi connectivity index (χ2v) is 8.72. The van der Waals surface area contributed by atoms with Gasteiger partial charge >= 0.3 is 6.18 Å². The van der Waals surface area contributed by atoms with Gasteiger partial charge < -0.3 is 9.64 Å². The molecule has 2 aromatic rings. The minimum Gasteiger partial charge on any atom is -0.376 e. The van der Waals surface area contributed by atoms with Crippen molar-refractivity contribution in [3.8, 4) is 0 Å². The largest absolute Gasteiger partial charge is 0.433 e. The first kappa shape index (κ1) is 25.0. The van der Waals surface area contributed by atoms with Crippen LogP contribution in [0.2, 0.25) is 5.02 Å². The number of hydrogen-bond donors (Lipinski definition) is 0. The maximum absolute atomic E-state index is 13.0. The molecule has 176 valence electrons. The van der Waals surface area contributed by atoms with Gasteiger partial charge in [-0.25, -0.2) is 9.97 Å². The summed E-state index contributed by atoms with van der Waals surface area (Å²) in [6, 6.07) is 9.43. The summed E-state index contributed by atoms with van der Waals surface area (Å²) in [4.78, 5) is 12.2. The molecule has 2 aliphatic heterocycles. The summed E-state index contributed by atoms with van der Waals surface area (Å²) in [6.45, 7) is 4.86. The van der Waals surface area contributed by atoms with Crippen LogP contribution in [-0.2, 0) is 17.3 Å². The molecule has 0 spiro atoms. The van der Waals surface area contributed by atoms with E-state index in [9.17, 15) is 13.2 Å². The Balaban J connectivity index is 0.00000289. The number of rotatable bonds is 4. The van der Waals surface area contributed by atoms with Gasteiger partial charge in [-0.15, -0.1) is 12.4 Å². The molecular weight excluding hydrogens is 464 g/mol. The molecule has 4 rings (SSSR count). The van der Waals surface area contributed by atoms with Gasteiger partial charge in [-0.1, -0.05) is 23.7 Å². The normalized spacial score (nSPS) is 23.1. The van der Waals surface area contributed by atoms with Crippen LogP contribution in [0.1, 0.15) is 31.0 Å². The Hall–Kier alpha value is -1.61. The van der Waals surface area contributed by atoms with E-state index in [2.05, 4.69) is 21.8 Å². The van der Waals surface area contributed by atoms with Gasteiger partial charge in [0.15, 0.2) is 0 Å². The van der Waals surface area contributed by atoms with E-state index in [1.165, 1.54) is 11.8 Å². The highest BCUT2D eigenvalue weighted by molar-refractivity contribution is 6.30. The van der Waals surface area contributed by atoms with Crippen molar-refractivity contribution in [2.75, 3.05) is 31.1 Å². The zero-order valence-electron chi connectivity index (χ0n) is 17.8. The van der Waals surface area contributed by atoms with Crippen molar-refractivity contribution in [1.82, 2.24) is 14.9 Å². The van der Waals surface area contributed by atoms with Crippen molar-refractivity contribution < 1.29 is 17.9 Å². The quantitative estimate of drug-likeness (QED) is 0.611. The molecule has 32 heavy (non-hydrogen) atoms. The molecule has 5 nitrogen and oxygen atoms in total. The highest BCUT2D eigenvalue weighted by atomic mass is 35.5. The van der Waals surface area contributed by atoms with E-state index in [-0.39, 0.29) is 30.5 Å². The molecular formula is C22H27Cl2F3N4O. The van der Waals surface area contributed by atoms with Crippen LogP contribution < -0.4 is 4.90 Å². The van der Waals surface area contributed by atoms with Gasteiger partial charge in [0.05, 0.1) is 12.7 Å². The minimum absolute atomic E-state index is 0. The van der Waals surface area contributed by atoms with E-state index in [0.717, 1.165) is 36.9 Å². The average Bonchev–Trinajstić information content (AvgIpc) is 2.76. The number of ether oxygens (including phenoxy) is 1. The zero-order valence-corrected chi connectivity index (χ0v) is 19.3. The summed E-state index contributed by atoms with van der Waals surface area (Å²) in [7, 11) is 0. The van der Waals surface area contributed by atoms with Crippen molar-refractivity contribution in [2.45, 2.75) is 50.6 Å². The lowest BCUT2D eigenvalue weighted by atomic mass is 9.96. The van der Waals surface area contributed by atoms with Crippen LogP contribution in [0, 0.1) is 0 Å². The predicted octanol–water partition coefficient (Wildman–Crippen LogP) is 4.87. The van der Waals surface area contributed by atoms with Crippen LogP contribution in [-0.4, -0.2) is 59.3 Å². The SMILES string of the molecule is C[C@H]1CN(C2CCN(c3nccc(C(F)(F)F)n3)CC2)[C@@H](Cc2ccc(Cl)cc2)CO1.Cl. The Kier molecular flexibility index (Phi) is 8.25. The number of benzene rings is 1. The molecule has 2 aliphatic rings. The standard InChI is InChI=1S/C22H26ClF3N4O.ClH/c1-15-13-30(19(14-31-15)12-16-2-4-17(23)5-3-16)18-7-10-29(11-8-18)21-27-9-6-20(28-21)22(24,25)26;/h2-6,9,15,18-19H,7-8,10-14H2,1H3;1H/t15-,19-;/m0./s1. The van der Waals surface area contributed by atoms with Crippen molar-refractivity contribution in [2.24, 2.45) is 0 Å². The molecule has 3 heterocycles. The van der Waals surface area contributed by atoms with Gasteiger partial charge in [0, 0.05) is 42.9 Å². The Morgan fingerprint density at radius 3 is 2.47 bits per heavy atom. The van der Waals surface area contributed by atoms with Crippen molar-refractivity contribution >= 4 is 30.0 Å². The minimum atomic E-state index is -4.46. The second-order valence-electron chi connectivity index (χ2n) is 8.28. The first-order chi connectivity index (χ1) is 14.8. The molecule has 1 aromatic heterocycles. The van der Waals surface area contributed by atoms with Crippen LogP contribution in [0.5, 0.6) is 0 Å². The lowest BCUT2D eigenvalue weighted by molar-refractivity contribution is -0.141. The van der Waals surface area contributed by atoms with E-state index in [1.807, 2.05) is 29.2 Å². The van der Waals surface area contributed by atoms with Crippen LogP contribution in [0.15, 0.2) is 36.5 Å². The number of morpholine rings is 1. The summed E-state index contributed by atoms with van der Waals surface area (Å²) in [5.74, 6) is 0.154. The van der Waals surface area contributed by atoms with Gasteiger partial charge in [0.2, 0.25) is 5.95 Å². The van der Waals surface area contributed by atoms with Gasteiger partial charge in [0.1, 0.15) is 5.69 Å². The molecule has 0 aliphatic carbocycles. The smallest absolute Gasteiger partial charge is 0.376 e. The van der Waals surface area contributed by atoms with E-state index in [1.54, 1.807) is 0 Å². The summed E-state index contributed by atoms with van der Waals surface area (Å²) in [5, 5.41) is 0.721. The zero-order chi connectivity index (χ0) is 22.0. The van der Waals surface area contributed by atoms with E-state index >= 15 is 0 Å². The fourth-order valence-electron chi connectivity index (χ4n) is 4.44. The molecule has 0 saturated carbocycles. The average molecular weight is 491 g/mol. The van der Waals surface area contributed by atoms with Crippen molar-refractivity contribution in [3.63, 3.8) is 0 Å². The number of halogens is 5. The molecule has 0 bridgehead atoms. The van der Waals surface area contributed by atoms with Crippen LogP contribution in [0.4, 0.5) is 19.1 Å². The second kappa shape index (κ2) is 10.5. The molecule has 0 N–H and O–H groups in total. The Morgan fingerprint density at radius 1 is 1.12 bits per heavy atom. The molecule has 0 radical (unpaired) electrons. The Bertz CT molecular complexity index is 876. The summed E-state index contributed by atoms with van der Waals surface area (Å²) in [5.41, 5.74) is 0.317. The lowest BCUT2D eigenvalue weighted by Crippen LogP contribution is -2.56. The maximum atomic E-state index is 13.0. The first-order valence-corrected chi connectivity index (χ1v) is 10.9. The third kappa shape index (κ3) is 6.04. The van der Waals surface area contributed by atoms with Gasteiger partial charge in [-0.05, 0) is 49.9 Å². The van der Waals surface area contributed by atoms with E-state index in [4.69, 9.17) is 16.3 Å². The van der Waals surface area contributed by atoms with Crippen LogP contribution in [0.3, 0.4) is 0 Å². The molecule has 2 fully saturated rings. The molecule has 2 saturated heterocycles. The molecule has 0 amide bonds. The van der Waals surface area contributed by atoms with E-state index < -0.39 is 11.9 Å². The summed E-state index contributed by atoms with van der Waals surface area (Å²) < 4.78 is 44.9. The van der Waals surface area contributed by atoms with Gasteiger partial charge in [0.25, 0.3) is 0 Å². The number of anilines is 1. The number of hydrogen-bond acceptors (Lipinski definition) is 5. The monoisotopic (exact) mass is 490 g/mol. The highest BCUT2D eigenvalue weighted by Gasteiger charge is 2.36. The van der Waals surface area contributed by atoms with Crippen molar-refractivity contribution in [3.05, 3.63) is 52.8 Å². The number of piperidine rings is 1. The number of nitrogens with zero attached hydrogens (tertiary/aromatic N) is 4. The number of alkyl halides is 3. The molecule has 2 atom stereocenters. The topological polar surface area (TPSA) is 41.5 Å². The number of aromatic nitrogens is 2. The Morgan fingerprint density at radius 2 is 1.81 bits per heavy atom. The Labute approximate surface area is 197 Å². The molecule has 1 aromatic carbocycles. The van der Waals surface area contributed by atoms with Gasteiger partial charge in [-0.2, -0.15) is 13.2 Å². The molecule has 10 heteroatoms. The first-order valence-electron chi connectivity index (χ1n) is 10.6. The van der Waals surface area contributed by atoms with Gasteiger partial charge in [-0.3, -0.25) is 4.90 Å². The third-order valence-corrected chi connectivity index (χ3v) is 6.30. The fourth-order valence-corrected chi connectivity index (χ4v) is 4.57. The third-order valence-electron chi connectivity index (χ3n) is 6.04. The van der Waals surface area contributed by atoms with E-state index in [0.29, 0.717) is 25.7 Å². The lowest BCUT2D eigenvalue weighted by Gasteiger charge is -2.46. The highest BCUT2D eigenvalue weighted by Crippen LogP contribution is 2.30.